The summed E-state index contributed by atoms with van der Waals surface area (Å²) in [6.45, 7) is 0. The van der Waals surface area contributed by atoms with Crippen LogP contribution in [0.25, 0.3) is 17.2 Å². The topological polar surface area (TPSA) is 31.6 Å². The fraction of sp³-hybridized carbons (Fsp3) is 0. The molecule has 1 aromatic heterocycles. The van der Waals surface area contributed by atoms with Crippen molar-refractivity contribution in [1.29, 1.82) is 0 Å². The average Bonchev–Trinajstić information content (AvgIpc) is 2.65. The molecule has 3 rings (SSSR count). The van der Waals surface area contributed by atoms with Crippen molar-refractivity contribution in [1.82, 2.24) is 0 Å². The van der Waals surface area contributed by atoms with Crippen molar-refractivity contribution in [3.8, 4) is 0 Å². The third kappa shape index (κ3) is 0.885. The van der Waals surface area contributed by atoms with Crippen LogP contribution in [0.15, 0.2) is 28.9 Å². The van der Waals surface area contributed by atoms with Gasteiger partial charge in [-0.25, -0.2) is 0 Å². The van der Waals surface area contributed by atoms with Gasteiger partial charge in [0.2, 0.25) is 0 Å². The van der Waals surface area contributed by atoms with E-state index in [0.717, 1.165) is 21.3 Å². The molecule has 2 aromatic rings. The molecule has 0 N–H and O–H groups in total. The fourth-order valence-corrected chi connectivity index (χ4v) is 1.45. The van der Waals surface area contributed by atoms with Crippen molar-refractivity contribution in [2.24, 2.45) is 0 Å². The Balaban J connectivity index is 2.64. The normalized spacial score (nSPS) is 12.9. The molecule has 0 spiro atoms. The van der Waals surface area contributed by atoms with Crippen molar-refractivity contribution in [2.75, 3.05) is 0 Å². The maximum atomic E-state index is 5.33. The van der Waals surface area contributed by atoms with Crippen LogP contribution in [-0.4, -0.2) is 7.12 Å². The van der Waals surface area contributed by atoms with E-state index in [1.165, 1.54) is 0 Å². The van der Waals surface area contributed by atoms with Gasteiger partial charge < -0.3 is 0 Å². The van der Waals surface area contributed by atoms with Crippen LogP contribution in [-0.2, 0) is 9.69 Å². The molecule has 0 fully saturated rings. The first-order valence-corrected chi connectivity index (χ1v) is 3.94. The first-order valence-electron chi connectivity index (χ1n) is 3.94. The molecule has 0 bridgehead atoms. The molecule has 0 radical (unpaired) electrons. The molecule has 3 nitrogen and oxygen atoms in total. The third-order valence-corrected chi connectivity index (χ3v) is 2.09. The first kappa shape index (κ1) is 6.77. The van der Waals surface area contributed by atoms with Crippen molar-refractivity contribution in [3.05, 3.63) is 34.8 Å². The van der Waals surface area contributed by atoms with Gasteiger partial charge in [0, 0.05) is 0 Å². The molecular weight excluding hydrogens is 167 g/mol. The fourth-order valence-electron chi connectivity index (χ4n) is 1.45. The van der Waals surface area contributed by atoms with Crippen molar-refractivity contribution >= 4 is 24.4 Å². The van der Waals surface area contributed by atoms with E-state index in [-0.39, 0.29) is 0 Å². The molecule has 0 aliphatic carbocycles. The Morgan fingerprint density at radius 2 is 2.15 bits per heavy atom. The first-order chi connectivity index (χ1) is 6.45. The second-order valence-corrected chi connectivity index (χ2v) is 2.84. The van der Waals surface area contributed by atoms with Crippen LogP contribution in [0.3, 0.4) is 0 Å². The Labute approximate surface area is 74.0 Å². The molecule has 0 saturated heterocycles. The van der Waals surface area contributed by atoms with Gasteiger partial charge in [0.1, 0.15) is 0 Å². The zero-order chi connectivity index (χ0) is 8.67. The van der Waals surface area contributed by atoms with E-state index in [1.807, 2.05) is 18.2 Å². The molecule has 0 saturated carbocycles. The van der Waals surface area contributed by atoms with Gasteiger partial charge in [-0.1, -0.05) is 0 Å². The summed E-state index contributed by atoms with van der Waals surface area (Å²) >= 11 is 0. The second-order valence-electron chi connectivity index (χ2n) is 2.84. The molecule has 0 atom stereocenters. The predicted octanol–water partition coefficient (Wildman–Crippen LogP) is 1.00. The van der Waals surface area contributed by atoms with Gasteiger partial charge in [0.05, 0.1) is 0 Å². The molecule has 1 aliphatic rings. The Hall–Kier alpha value is -1.71. The molecule has 13 heavy (non-hydrogen) atoms. The SMILES string of the molecule is B1=c2ccc3ccoc3c2=COO1. The summed E-state index contributed by atoms with van der Waals surface area (Å²) in [5, 5.41) is 2.95. The predicted molar refractivity (Wildman–Crippen MR) is 47.1 cm³/mol. The van der Waals surface area contributed by atoms with Crippen LogP contribution in [0.5, 0.6) is 0 Å². The van der Waals surface area contributed by atoms with Gasteiger partial charge in [-0.3, -0.25) is 0 Å². The van der Waals surface area contributed by atoms with Gasteiger partial charge in [0.15, 0.2) is 0 Å². The Kier molecular flexibility index (Phi) is 1.24. The summed E-state index contributed by atoms with van der Waals surface area (Å²) in [6, 6.07) is 5.86. The second kappa shape index (κ2) is 2.39. The number of fused-ring (bicyclic) bond motifs is 3. The number of furan rings is 1. The van der Waals surface area contributed by atoms with E-state index in [0.29, 0.717) is 0 Å². The molecule has 0 unspecified atom stereocenters. The van der Waals surface area contributed by atoms with Crippen molar-refractivity contribution in [3.63, 3.8) is 0 Å². The van der Waals surface area contributed by atoms with E-state index in [1.54, 1.807) is 19.6 Å². The van der Waals surface area contributed by atoms with Gasteiger partial charge in [0.25, 0.3) is 0 Å². The number of rotatable bonds is 0. The van der Waals surface area contributed by atoms with E-state index >= 15 is 0 Å². The van der Waals surface area contributed by atoms with Crippen molar-refractivity contribution in [2.45, 2.75) is 0 Å². The van der Waals surface area contributed by atoms with Gasteiger partial charge in [-0.15, -0.1) is 0 Å². The Bertz CT molecular complexity index is 570. The summed E-state index contributed by atoms with van der Waals surface area (Å²) in [4.78, 5) is 9.43. The zero-order valence-electron chi connectivity index (χ0n) is 6.69. The van der Waals surface area contributed by atoms with Crippen molar-refractivity contribution < 1.29 is 14.1 Å². The summed E-state index contributed by atoms with van der Waals surface area (Å²) in [7, 11) is 1.55. The van der Waals surface area contributed by atoms with E-state index in [2.05, 4.69) is 0 Å². The number of hydrogen-bond acceptors (Lipinski definition) is 3. The monoisotopic (exact) mass is 172 g/mol. The standard InChI is InChI=1S/C9H5BO3/c1-2-8-7(5-12-13-10-8)9-6(1)3-4-11-9/h1-5H. The van der Waals surface area contributed by atoms with Crippen LogP contribution < -0.4 is 5.22 Å². The van der Waals surface area contributed by atoms with Crippen LogP contribution in [0.2, 0.25) is 0 Å². The molecule has 1 aliphatic heterocycles. The summed E-state index contributed by atoms with van der Waals surface area (Å²) in [5.74, 6) is 0. The molecule has 1 aromatic carbocycles. The molecule has 2 heterocycles. The Morgan fingerprint density at radius 3 is 3.15 bits per heavy atom. The van der Waals surface area contributed by atoms with Gasteiger partial charge >= 0.3 is 73.3 Å². The summed E-state index contributed by atoms with van der Waals surface area (Å²) in [6.07, 6.45) is 3.20. The van der Waals surface area contributed by atoms with Gasteiger partial charge in [-0.2, -0.15) is 0 Å². The van der Waals surface area contributed by atoms with Crippen LogP contribution in [0, 0.1) is 5.11 Å². The Morgan fingerprint density at radius 1 is 1.15 bits per heavy atom. The van der Waals surface area contributed by atoms with E-state index in [9.17, 15) is 0 Å². The summed E-state index contributed by atoms with van der Waals surface area (Å²) < 4.78 is 5.33. The zero-order valence-corrected chi connectivity index (χ0v) is 6.69. The minimum atomic E-state index is 0.831. The van der Waals surface area contributed by atoms with Gasteiger partial charge in [-0.05, 0) is 0 Å². The van der Waals surface area contributed by atoms with E-state index in [4.69, 9.17) is 14.1 Å². The molecule has 4 heteroatoms. The average molecular weight is 172 g/mol. The quantitative estimate of drug-likeness (QED) is 0.438. The van der Waals surface area contributed by atoms with Crippen LogP contribution in [0.1, 0.15) is 0 Å². The summed E-state index contributed by atoms with van der Waals surface area (Å²) in [5.41, 5.74) is 0.831. The van der Waals surface area contributed by atoms with Crippen LogP contribution >= 0.6 is 0 Å². The molecular formula is C9H5BO3. The number of benzene rings is 1. The molecule has 62 valence electrons. The maximum absolute atomic E-state index is 5.33. The third-order valence-electron chi connectivity index (χ3n) is 2.09. The minimum absolute atomic E-state index is 0.831. The van der Waals surface area contributed by atoms with E-state index < -0.39 is 0 Å². The number of hydrogen-bond donors (Lipinski definition) is 0. The van der Waals surface area contributed by atoms with Crippen LogP contribution in [0.4, 0.5) is 0 Å². The molecule has 0 amide bonds.